The van der Waals surface area contributed by atoms with Gasteiger partial charge in [0.25, 0.3) is 6.71 Å². The quantitative estimate of drug-likeness (QED) is 0.121. The molecule has 11 rings (SSSR count). The lowest BCUT2D eigenvalue weighted by molar-refractivity contribution is 0.194. The van der Waals surface area contributed by atoms with Gasteiger partial charge < -0.3 is 14.2 Å². The molecule has 330 valence electrons. The van der Waals surface area contributed by atoms with E-state index in [1.165, 1.54) is 144 Å². The van der Waals surface area contributed by atoms with Crippen LogP contribution in [0.25, 0.3) is 22.6 Å². The zero-order valence-corrected chi connectivity index (χ0v) is 40.4. The Morgan fingerprint density at radius 2 is 1.31 bits per heavy atom. The van der Waals surface area contributed by atoms with Gasteiger partial charge in [-0.3, -0.25) is 0 Å². The largest absolute Gasteiger partial charge is 0.436 e. The Bertz CT molecular complexity index is 2810. The molecule has 1 saturated carbocycles. The van der Waals surface area contributed by atoms with E-state index in [0.29, 0.717) is 5.89 Å². The van der Waals surface area contributed by atoms with Gasteiger partial charge in [0, 0.05) is 39.4 Å². The number of rotatable bonds is 11. The van der Waals surface area contributed by atoms with Gasteiger partial charge in [-0.25, -0.2) is 4.98 Å². The van der Waals surface area contributed by atoms with Gasteiger partial charge in [0.1, 0.15) is 5.52 Å². The van der Waals surface area contributed by atoms with Gasteiger partial charge in [-0.05, 0) is 180 Å². The van der Waals surface area contributed by atoms with Crippen molar-refractivity contribution in [1.29, 1.82) is 0 Å². The van der Waals surface area contributed by atoms with E-state index in [4.69, 9.17) is 9.40 Å². The number of nitrogens with zero attached hydrogens (tertiary/aromatic N) is 3. The van der Waals surface area contributed by atoms with E-state index in [2.05, 4.69) is 151 Å². The SMILES string of the molecule is CCCCc1ccc(-c2nc3cc4c(cc3o2)B2c3ccc(CCCC)c5c3N(c3cc(CCCC)cc(c32)N4c2ccc3c(c2)C(C)(C)CCC3(C)C)C2(C)CCCCC52C)cc1. The van der Waals surface area contributed by atoms with E-state index in [9.17, 15) is 0 Å². The number of hydrogen-bond acceptors (Lipinski definition) is 4. The second kappa shape index (κ2) is 15.1. The highest BCUT2D eigenvalue weighted by Gasteiger charge is 2.62. The highest BCUT2D eigenvalue weighted by atomic mass is 16.3. The van der Waals surface area contributed by atoms with Gasteiger partial charge in [0.15, 0.2) is 5.58 Å². The zero-order chi connectivity index (χ0) is 44.3. The molecule has 1 aromatic heterocycles. The number of aryl methyl sites for hydroxylation is 3. The van der Waals surface area contributed by atoms with Crippen LogP contribution >= 0.6 is 0 Å². The molecule has 2 unspecified atom stereocenters. The van der Waals surface area contributed by atoms with Crippen LogP contribution in [0, 0.1) is 0 Å². The Labute approximate surface area is 384 Å². The number of hydrogen-bond donors (Lipinski definition) is 0. The fourth-order valence-corrected chi connectivity index (χ4v) is 13.4. The molecular weight excluding hydrogens is 777 g/mol. The number of unbranched alkanes of at least 4 members (excludes halogenated alkanes) is 3. The number of fused-ring (bicyclic) bond motifs is 9. The Morgan fingerprint density at radius 3 is 2.06 bits per heavy atom. The first-order valence-corrected chi connectivity index (χ1v) is 25.4. The predicted molar refractivity (Wildman–Crippen MR) is 273 cm³/mol. The lowest BCUT2D eigenvalue weighted by atomic mass is 9.33. The van der Waals surface area contributed by atoms with Crippen molar-refractivity contribution < 1.29 is 4.42 Å². The molecule has 0 radical (unpaired) electrons. The minimum Gasteiger partial charge on any atom is -0.436 e. The van der Waals surface area contributed by atoms with Crippen LogP contribution in [0.4, 0.5) is 28.4 Å². The Hall–Kier alpha value is -4.77. The number of anilines is 5. The topological polar surface area (TPSA) is 32.5 Å². The molecule has 5 aromatic carbocycles. The summed E-state index contributed by atoms with van der Waals surface area (Å²) in [5.41, 5.74) is 23.2. The third-order valence-electron chi connectivity index (χ3n) is 17.4. The molecule has 0 spiro atoms. The van der Waals surface area contributed by atoms with Crippen molar-refractivity contribution in [3.05, 3.63) is 112 Å². The van der Waals surface area contributed by atoms with Gasteiger partial charge in [0.05, 0.1) is 5.54 Å². The second-order valence-corrected chi connectivity index (χ2v) is 22.4. The van der Waals surface area contributed by atoms with E-state index in [0.717, 1.165) is 35.9 Å². The summed E-state index contributed by atoms with van der Waals surface area (Å²) in [5, 5.41) is 0. The maximum Gasteiger partial charge on any atom is 0.252 e. The van der Waals surface area contributed by atoms with Crippen LogP contribution in [0.5, 0.6) is 0 Å². The first kappa shape index (κ1) is 41.9. The number of aromatic nitrogens is 1. The highest BCUT2D eigenvalue weighted by Crippen LogP contribution is 2.63. The molecule has 4 nitrogen and oxygen atoms in total. The van der Waals surface area contributed by atoms with Crippen LogP contribution in [0.15, 0.2) is 83.3 Å². The van der Waals surface area contributed by atoms with E-state index < -0.39 is 0 Å². The van der Waals surface area contributed by atoms with Gasteiger partial charge >= 0.3 is 0 Å². The Balaban J connectivity index is 1.20. The summed E-state index contributed by atoms with van der Waals surface area (Å²) in [6.45, 7) is 22.1. The number of benzene rings is 5. The molecule has 0 N–H and O–H groups in total. The van der Waals surface area contributed by atoms with Crippen LogP contribution in [-0.2, 0) is 35.5 Å². The molecule has 64 heavy (non-hydrogen) atoms. The predicted octanol–water partition coefficient (Wildman–Crippen LogP) is 14.2. The zero-order valence-electron chi connectivity index (χ0n) is 40.4. The van der Waals surface area contributed by atoms with Crippen molar-refractivity contribution in [3.63, 3.8) is 0 Å². The van der Waals surface area contributed by atoms with E-state index >= 15 is 0 Å². The average molecular weight is 848 g/mol. The fourth-order valence-electron chi connectivity index (χ4n) is 13.4. The lowest BCUT2D eigenvalue weighted by Crippen LogP contribution is -2.64. The monoisotopic (exact) mass is 848 g/mol. The summed E-state index contributed by atoms with van der Waals surface area (Å²) < 4.78 is 6.88. The Morgan fingerprint density at radius 1 is 0.625 bits per heavy atom. The molecular formula is C59H70BN3O. The van der Waals surface area contributed by atoms with E-state index in [1.807, 2.05) is 0 Å². The maximum atomic E-state index is 6.88. The summed E-state index contributed by atoms with van der Waals surface area (Å²) in [5.74, 6) is 0.699. The van der Waals surface area contributed by atoms with Crippen LogP contribution in [0.3, 0.4) is 0 Å². The minimum absolute atomic E-state index is 0.0187. The first-order valence-electron chi connectivity index (χ1n) is 25.4. The molecule has 0 bridgehead atoms. The molecule has 1 fully saturated rings. The third kappa shape index (κ3) is 6.10. The highest BCUT2D eigenvalue weighted by molar-refractivity contribution is 7.00. The van der Waals surface area contributed by atoms with Crippen molar-refractivity contribution >= 4 is 62.6 Å². The summed E-state index contributed by atoms with van der Waals surface area (Å²) in [4.78, 5) is 10.9. The first-order chi connectivity index (χ1) is 30.8. The third-order valence-corrected chi connectivity index (χ3v) is 17.4. The van der Waals surface area contributed by atoms with Gasteiger partial charge in [0.2, 0.25) is 5.89 Å². The smallest absolute Gasteiger partial charge is 0.252 e. The number of oxazole rings is 1. The standard InChI is InChI=1S/C59H70BN3O/c1-10-13-18-38-21-23-41(24-22-38)55-61-47-37-48-46(36-51(47)64-55)60-45-28-25-40(20-15-12-3)52-54(45)63(59(9)30-17-16-29-58(52,59)8)50-34-39(19-14-11-2)33-49(53(50)60)62(48)42-26-27-43-44(35-42)57(6,7)32-31-56(43,4)5/h21-28,33-37H,10-20,29-32H2,1-9H3. The molecule has 3 aliphatic heterocycles. The van der Waals surface area contributed by atoms with Crippen LogP contribution in [0.2, 0.25) is 0 Å². The van der Waals surface area contributed by atoms with Crippen molar-refractivity contribution in [1.82, 2.24) is 4.98 Å². The molecule has 0 saturated heterocycles. The molecule has 0 amide bonds. The van der Waals surface area contributed by atoms with Gasteiger partial charge in [-0.2, -0.15) is 0 Å². The van der Waals surface area contributed by atoms with Crippen LogP contribution in [0.1, 0.15) is 173 Å². The maximum absolute atomic E-state index is 6.88. The van der Waals surface area contributed by atoms with Crippen LogP contribution < -0.4 is 26.2 Å². The lowest BCUT2D eigenvalue weighted by Gasteiger charge is -2.53. The van der Waals surface area contributed by atoms with Crippen molar-refractivity contribution in [2.45, 2.75) is 180 Å². The molecule has 5 aliphatic rings. The molecule has 5 heteroatoms. The Kier molecular flexibility index (Phi) is 9.92. The summed E-state index contributed by atoms with van der Waals surface area (Å²) >= 11 is 0. The summed E-state index contributed by atoms with van der Waals surface area (Å²) in [6, 6.07) is 31.6. The molecule has 2 aliphatic carbocycles. The average Bonchev–Trinajstić information content (AvgIpc) is 3.81. The van der Waals surface area contributed by atoms with Crippen molar-refractivity contribution in [2.24, 2.45) is 0 Å². The van der Waals surface area contributed by atoms with Crippen molar-refractivity contribution in [2.75, 3.05) is 9.80 Å². The minimum atomic E-state index is -0.0187. The molecule has 6 aromatic rings. The van der Waals surface area contributed by atoms with Gasteiger partial charge in [-0.15, -0.1) is 0 Å². The van der Waals surface area contributed by atoms with E-state index in [1.54, 1.807) is 11.1 Å². The summed E-state index contributed by atoms with van der Waals surface area (Å²) in [7, 11) is 0. The normalized spacial score (nSPS) is 22.0. The molecule has 2 atom stereocenters. The fraction of sp³-hybridized carbons (Fsp3) is 0.475. The van der Waals surface area contributed by atoms with Gasteiger partial charge in [-0.1, -0.05) is 118 Å². The van der Waals surface area contributed by atoms with E-state index in [-0.39, 0.29) is 28.5 Å². The summed E-state index contributed by atoms with van der Waals surface area (Å²) in [6.07, 6.45) is 17.9. The molecule has 4 heterocycles. The van der Waals surface area contributed by atoms with Crippen LogP contribution in [-0.4, -0.2) is 17.2 Å². The van der Waals surface area contributed by atoms with Crippen molar-refractivity contribution in [3.8, 4) is 11.5 Å². The second-order valence-electron chi connectivity index (χ2n) is 22.4.